The number of rotatable bonds is 6. The number of phenolic OH excluding ortho intramolecular Hbond substituents is 1. The Morgan fingerprint density at radius 2 is 1.34 bits per heavy atom. The Balaban J connectivity index is 1.41. The Kier molecular flexibility index (Phi) is 5.37. The third-order valence-corrected chi connectivity index (χ3v) is 5.00. The Morgan fingerprint density at radius 1 is 0.656 bits per heavy atom. The van der Waals surface area contributed by atoms with Gasteiger partial charge in [0.25, 0.3) is 0 Å². The summed E-state index contributed by atoms with van der Waals surface area (Å²) in [6.45, 7) is 0.502. The van der Waals surface area contributed by atoms with Crippen LogP contribution in [0.15, 0.2) is 103 Å². The summed E-state index contributed by atoms with van der Waals surface area (Å²) >= 11 is 0. The van der Waals surface area contributed by atoms with Gasteiger partial charge in [-0.3, -0.25) is 0 Å². The van der Waals surface area contributed by atoms with Crippen LogP contribution in [0.25, 0.3) is 22.3 Å². The summed E-state index contributed by atoms with van der Waals surface area (Å²) in [6, 6.07) is 32.1. The van der Waals surface area contributed by atoms with Crippen LogP contribution in [0, 0.1) is 0 Å². The molecule has 0 fully saturated rings. The highest BCUT2D eigenvalue weighted by molar-refractivity contribution is 5.85. The molecule has 0 atom stereocenters. The van der Waals surface area contributed by atoms with Gasteiger partial charge in [-0.2, -0.15) is 4.98 Å². The lowest BCUT2D eigenvalue weighted by atomic mass is 10.1. The lowest BCUT2D eigenvalue weighted by Gasteiger charge is -2.11. The van der Waals surface area contributed by atoms with E-state index in [1.54, 1.807) is 18.2 Å². The van der Waals surface area contributed by atoms with Crippen molar-refractivity contribution in [3.63, 3.8) is 0 Å². The SMILES string of the molecule is Oc1ccccc1-c1nc(Oc2ccc(OCc3ccccc3)cc2)c2ccccc2n1. The van der Waals surface area contributed by atoms with Gasteiger partial charge in [-0.15, -0.1) is 0 Å². The summed E-state index contributed by atoms with van der Waals surface area (Å²) in [4.78, 5) is 9.21. The molecular weight excluding hydrogens is 400 g/mol. The average Bonchev–Trinajstić information content (AvgIpc) is 2.84. The molecule has 0 radical (unpaired) electrons. The lowest BCUT2D eigenvalue weighted by Crippen LogP contribution is -1.97. The van der Waals surface area contributed by atoms with E-state index >= 15 is 0 Å². The highest BCUT2D eigenvalue weighted by atomic mass is 16.5. The van der Waals surface area contributed by atoms with Crippen molar-refractivity contribution >= 4 is 10.9 Å². The Morgan fingerprint density at radius 3 is 2.16 bits per heavy atom. The fourth-order valence-corrected chi connectivity index (χ4v) is 3.36. The first-order chi connectivity index (χ1) is 15.8. The zero-order valence-corrected chi connectivity index (χ0v) is 17.2. The van der Waals surface area contributed by atoms with Crippen LogP contribution in [0.4, 0.5) is 0 Å². The second-order valence-electron chi connectivity index (χ2n) is 7.23. The number of fused-ring (bicyclic) bond motifs is 1. The van der Waals surface area contributed by atoms with E-state index in [1.165, 1.54) is 0 Å². The molecule has 32 heavy (non-hydrogen) atoms. The van der Waals surface area contributed by atoms with Gasteiger partial charge >= 0.3 is 0 Å². The van der Waals surface area contributed by atoms with Gasteiger partial charge in [-0.1, -0.05) is 54.6 Å². The monoisotopic (exact) mass is 420 g/mol. The highest BCUT2D eigenvalue weighted by Gasteiger charge is 2.13. The minimum absolute atomic E-state index is 0.119. The first-order valence-electron chi connectivity index (χ1n) is 10.3. The van der Waals surface area contributed by atoms with E-state index < -0.39 is 0 Å². The average molecular weight is 420 g/mol. The first-order valence-corrected chi connectivity index (χ1v) is 10.3. The van der Waals surface area contributed by atoms with Crippen LogP contribution in [-0.4, -0.2) is 15.1 Å². The van der Waals surface area contributed by atoms with Gasteiger partial charge < -0.3 is 14.6 Å². The molecule has 1 heterocycles. The van der Waals surface area contributed by atoms with Crippen LogP contribution >= 0.6 is 0 Å². The summed E-state index contributed by atoms with van der Waals surface area (Å²) in [7, 11) is 0. The van der Waals surface area contributed by atoms with Crippen LogP contribution in [0.1, 0.15) is 5.56 Å². The minimum Gasteiger partial charge on any atom is -0.507 e. The molecule has 5 aromatic rings. The fourth-order valence-electron chi connectivity index (χ4n) is 3.36. The van der Waals surface area contributed by atoms with Gasteiger partial charge in [0.05, 0.1) is 16.5 Å². The molecule has 0 amide bonds. The Labute approximate surface area is 185 Å². The zero-order valence-electron chi connectivity index (χ0n) is 17.2. The third kappa shape index (κ3) is 4.23. The van der Waals surface area contributed by atoms with Gasteiger partial charge in [0.2, 0.25) is 5.88 Å². The van der Waals surface area contributed by atoms with Gasteiger partial charge in [0, 0.05) is 0 Å². The van der Waals surface area contributed by atoms with E-state index in [1.807, 2.05) is 84.9 Å². The second-order valence-corrected chi connectivity index (χ2v) is 7.23. The molecule has 0 saturated carbocycles. The van der Waals surface area contributed by atoms with E-state index in [2.05, 4.69) is 9.97 Å². The number of aromatic nitrogens is 2. The molecule has 156 valence electrons. The topological polar surface area (TPSA) is 64.5 Å². The maximum absolute atomic E-state index is 10.2. The summed E-state index contributed by atoms with van der Waals surface area (Å²) in [6.07, 6.45) is 0. The third-order valence-electron chi connectivity index (χ3n) is 5.00. The van der Waals surface area contributed by atoms with Crippen molar-refractivity contribution in [2.24, 2.45) is 0 Å². The van der Waals surface area contributed by atoms with Crippen LogP contribution in [0.2, 0.25) is 0 Å². The van der Waals surface area contributed by atoms with Crippen molar-refractivity contribution in [3.8, 4) is 34.5 Å². The molecule has 5 heteroatoms. The molecule has 0 unspecified atom stereocenters. The highest BCUT2D eigenvalue weighted by Crippen LogP contribution is 2.33. The molecule has 0 aliphatic carbocycles. The molecule has 5 rings (SSSR count). The molecule has 1 N–H and O–H groups in total. The van der Waals surface area contributed by atoms with Crippen molar-refractivity contribution in [3.05, 3.63) is 109 Å². The number of ether oxygens (including phenoxy) is 2. The fraction of sp³-hybridized carbons (Fsp3) is 0.0370. The van der Waals surface area contributed by atoms with Gasteiger partial charge in [0.15, 0.2) is 5.82 Å². The van der Waals surface area contributed by atoms with Gasteiger partial charge in [0.1, 0.15) is 23.9 Å². The normalized spacial score (nSPS) is 10.8. The van der Waals surface area contributed by atoms with Crippen molar-refractivity contribution in [1.82, 2.24) is 9.97 Å². The molecule has 1 aromatic heterocycles. The Bertz CT molecular complexity index is 1350. The molecule has 0 aliphatic heterocycles. The van der Waals surface area contributed by atoms with Gasteiger partial charge in [-0.05, 0) is 54.1 Å². The van der Waals surface area contributed by atoms with Crippen LogP contribution in [-0.2, 0) is 6.61 Å². The van der Waals surface area contributed by atoms with E-state index in [-0.39, 0.29) is 5.75 Å². The summed E-state index contributed by atoms with van der Waals surface area (Å²) < 4.78 is 12.0. The van der Waals surface area contributed by atoms with Crippen molar-refractivity contribution in [1.29, 1.82) is 0 Å². The molecule has 0 spiro atoms. The van der Waals surface area contributed by atoms with Crippen LogP contribution in [0.3, 0.4) is 0 Å². The van der Waals surface area contributed by atoms with Crippen molar-refractivity contribution in [2.75, 3.05) is 0 Å². The largest absolute Gasteiger partial charge is 0.507 e. The zero-order chi connectivity index (χ0) is 21.8. The second kappa shape index (κ2) is 8.78. The van der Waals surface area contributed by atoms with Crippen LogP contribution in [0.5, 0.6) is 23.1 Å². The first kappa shape index (κ1) is 19.6. The standard InChI is InChI=1S/C27H20N2O3/c30-25-13-7-5-11-23(25)26-28-24-12-6-4-10-22(24)27(29-26)32-21-16-14-20(15-17-21)31-18-19-8-2-1-3-9-19/h1-17,30H,18H2. The number of hydrogen-bond donors (Lipinski definition) is 1. The van der Waals surface area contributed by atoms with E-state index in [0.717, 1.165) is 22.2 Å². The van der Waals surface area contributed by atoms with E-state index in [4.69, 9.17) is 9.47 Å². The number of para-hydroxylation sites is 2. The predicted octanol–water partition coefficient (Wildman–Crippen LogP) is 6.37. The predicted molar refractivity (Wildman–Crippen MR) is 124 cm³/mol. The number of phenols is 1. The maximum atomic E-state index is 10.2. The molecule has 0 aliphatic rings. The van der Waals surface area contributed by atoms with Crippen molar-refractivity contribution < 1.29 is 14.6 Å². The number of nitrogens with zero attached hydrogens (tertiary/aromatic N) is 2. The molecule has 0 saturated heterocycles. The molecular formula is C27H20N2O3. The minimum atomic E-state index is 0.119. The summed E-state index contributed by atoms with van der Waals surface area (Å²) in [5.41, 5.74) is 2.39. The smallest absolute Gasteiger partial charge is 0.230 e. The number of benzene rings is 4. The molecule has 0 bridgehead atoms. The van der Waals surface area contributed by atoms with E-state index in [9.17, 15) is 5.11 Å². The van der Waals surface area contributed by atoms with Gasteiger partial charge in [-0.25, -0.2) is 4.98 Å². The Hall–Kier alpha value is -4.38. The molecule has 4 aromatic carbocycles. The number of aromatic hydroxyl groups is 1. The lowest BCUT2D eigenvalue weighted by molar-refractivity contribution is 0.305. The quantitative estimate of drug-likeness (QED) is 0.346. The number of hydrogen-bond acceptors (Lipinski definition) is 5. The summed E-state index contributed by atoms with van der Waals surface area (Å²) in [5, 5.41) is 11.0. The maximum Gasteiger partial charge on any atom is 0.230 e. The van der Waals surface area contributed by atoms with Crippen LogP contribution < -0.4 is 9.47 Å². The molecule has 5 nitrogen and oxygen atoms in total. The van der Waals surface area contributed by atoms with E-state index in [0.29, 0.717) is 29.6 Å². The summed E-state index contributed by atoms with van der Waals surface area (Å²) in [5.74, 6) is 2.33. The van der Waals surface area contributed by atoms with Crippen molar-refractivity contribution in [2.45, 2.75) is 6.61 Å².